The van der Waals surface area contributed by atoms with Crippen LogP contribution in [0.2, 0.25) is 0 Å². The van der Waals surface area contributed by atoms with Crippen LogP contribution in [0.4, 0.5) is 5.82 Å². The number of carbonyl (C=O) groups excluding carboxylic acids is 1. The van der Waals surface area contributed by atoms with Crippen LogP contribution in [0.15, 0.2) is 45.9 Å². The second-order valence-electron chi connectivity index (χ2n) is 5.45. The molecule has 1 amide bonds. The van der Waals surface area contributed by atoms with E-state index in [-0.39, 0.29) is 29.6 Å². The minimum atomic E-state index is -3.83. The summed E-state index contributed by atoms with van der Waals surface area (Å²) in [5.41, 5.74) is 7.72. The van der Waals surface area contributed by atoms with E-state index in [9.17, 15) is 13.2 Å². The SMILES string of the molecule is Cc1ccc(CNC(=O)CCNS(=O)(=O)c2cc(Br)cnc2N)cc1. The normalized spacial score (nSPS) is 11.3. The molecule has 2 rings (SSSR count). The largest absolute Gasteiger partial charge is 0.383 e. The Morgan fingerprint density at radius 1 is 1.28 bits per heavy atom. The predicted molar refractivity (Wildman–Crippen MR) is 99.2 cm³/mol. The van der Waals surface area contributed by atoms with E-state index in [4.69, 9.17) is 5.73 Å². The number of nitrogens with two attached hydrogens (primary N) is 1. The lowest BCUT2D eigenvalue weighted by Crippen LogP contribution is -2.31. The third-order valence-electron chi connectivity index (χ3n) is 3.39. The number of rotatable bonds is 7. The Labute approximate surface area is 155 Å². The number of hydrogen-bond acceptors (Lipinski definition) is 5. The number of hydrogen-bond donors (Lipinski definition) is 3. The molecule has 0 radical (unpaired) electrons. The minimum Gasteiger partial charge on any atom is -0.383 e. The van der Waals surface area contributed by atoms with Crippen molar-refractivity contribution in [3.05, 3.63) is 52.1 Å². The summed E-state index contributed by atoms with van der Waals surface area (Å²) in [6.07, 6.45) is 1.43. The first kappa shape index (κ1) is 19.4. The quantitative estimate of drug-likeness (QED) is 0.623. The number of aromatic nitrogens is 1. The summed E-state index contributed by atoms with van der Waals surface area (Å²) in [6.45, 7) is 2.35. The first-order valence-corrected chi connectivity index (χ1v) is 9.78. The Kier molecular flexibility index (Phi) is 6.51. The van der Waals surface area contributed by atoms with Crippen molar-refractivity contribution in [2.24, 2.45) is 0 Å². The van der Waals surface area contributed by atoms with Gasteiger partial charge in [0.1, 0.15) is 10.7 Å². The lowest BCUT2D eigenvalue weighted by atomic mass is 10.1. The fourth-order valence-corrected chi connectivity index (χ4v) is 3.64. The van der Waals surface area contributed by atoms with Gasteiger partial charge >= 0.3 is 0 Å². The predicted octanol–water partition coefficient (Wildman–Crippen LogP) is 1.72. The molecule has 2 aromatic rings. The van der Waals surface area contributed by atoms with Crippen LogP contribution in [0.1, 0.15) is 17.5 Å². The van der Waals surface area contributed by atoms with Crippen molar-refractivity contribution in [2.45, 2.75) is 24.8 Å². The van der Waals surface area contributed by atoms with E-state index in [1.165, 1.54) is 12.3 Å². The van der Waals surface area contributed by atoms with Crippen LogP contribution >= 0.6 is 15.9 Å². The molecule has 1 aromatic carbocycles. The average molecular weight is 427 g/mol. The molecular weight excluding hydrogens is 408 g/mol. The summed E-state index contributed by atoms with van der Waals surface area (Å²) in [6, 6.07) is 9.16. The van der Waals surface area contributed by atoms with Crippen molar-refractivity contribution in [2.75, 3.05) is 12.3 Å². The van der Waals surface area contributed by atoms with Crippen molar-refractivity contribution in [3.63, 3.8) is 0 Å². The number of carbonyl (C=O) groups is 1. The molecular formula is C16H19BrN4O3S. The number of anilines is 1. The van der Waals surface area contributed by atoms with Gasteiger partial charge in [-0.05, 0) is 34.5 Å². The molecule has 134 valence electrons. The van der Waals surface area contributed by atoms with E-state index in [1.54, 1.807) is 0 Å². The van der Waals surface area contributed by atoms with Gasteiger partial charge in [0.2, 0.25) is 15.9 Å². The molecule has 0 aliphatic carbocycles. The smallest absolute Gasteiger partial charge is 0.244 e. The third-order valence-corrected chi connectivity index (χ3v) is 5.32. The van der Waals surface area contributed by atoms with Gasteiger partial charge in [0.05, 0.1) is 0 Å². The maximum absolute atomic E-state index is 12.2. The minimum absolute atomic E-state index is 0.0203. The van der Waals surface area contributed by atoms with Gasteiger partial charge in [-0.25, -0.2) is 18.1 Å². The second-order valence-corrected chi connectivity index (χ2v) is 8.10. The van der Waals surface area contributed by atoms with Gasteiger partial charge in [-0.1, -0.05) is 29.8 Å². The zero-order chi connectivity index (χ0) is 18.4. The third kappa shape index (κ3) is 5.80. The molecule has 0 aliphatic heterocycles. The summed E-state index contributed by atoms with van der Waals surface area (Å²) in [5.74, 6) is -0.344. The highest BCUT2D eigenvalue weighted by Crippen LogP contribution is 2.20. The van der Waals surface area contributed by atoms with Crippen molar-refractivity contribution in [3.8, 4) is 0 Å². The molecule has 9 heteroatoms. The number of nitrogens with one attached hydrogen (secondary N) is 2. The van der Waals surface area contributed by atoms with Crippen molar-refractivity contribution < 1.29 is 13.2 Å². The van der Waals surface area contributed by atoms with Gasteiger partial charge in [0.25, 0.3) is 0 Å². The molecule has 0 unspecified atom stereocenters. The van der Waals surface area contributed by atoms with Crippen LogP contribution in [0, 0.1) is 6.92 Å². The van der Waals surface area contributed by atoms with Crippen molar-refractivity contribution in [1.82, 2.24) is 15.0 Å². The van der Waals surface area contributed by atoms with Crippen LogP contribution in [-0.4, -0.2) is 25.9 Å². The van der Waals surface area contributed by atoms with E-state index >= 15 is 0 Å². The summed E-state index contributed by atoms with van der Waals surface area (Å²) in [5, 5.41) is 2.75. The van der Waals surface area contributed by atoms with Gasteiger partial charge in [0.15, 0.2) is 0 Å². The molecule has 7 nitrogen and oxygen atoms in total. The molecule has 1 heterocycles. The number of amides is 1. The van der Waals surface area contributed by atoms with Gasteiger partial charge in [-0.15, -0.1) is 0 Å². The van der Waals surface area contributed by atoms with Gasteiger partial charge in [-0.2, -0.15) is 0 Å². The molecule has 0 saturated heterocycles. The van der Waals surface area contributed by atoms with Crippen molar-refractivity contribution >= 4 is 37.7 Å². The molecule has 4 N–H and O–H groups in total. The van der Waals surface area contributed by atoms with Crippen LogP contribution in [-0.2, 0) is 21.4 Å². The summed E-state index contributed by atoms with van der Waals surface area (Å²) in [4.78, 5) is 15.5. The summed E-state index contributed by atoms with van der Waals surface area (Å²) < 4.78 is 27.3. The van der Waals surface area contributed by atoms with E-state index in [2.05, 4.69) is 31.0 Å². The van der Waals surface area contributed by atoms with Gasteiger partial charge < -0.3 is 11.1 Å². The second kappa shape index (κ2) is 8.41. The van der Waals surface area contributed by atoms with E-state index in [0.29, 0.717) is 11.0 Å². The Balaban J connectivity index is 1.83. The number of nitrogen functional groups attached to an aromatic ring is 1. The lowest BCUT2D eigenvalue weighted by Gasteiger charge is -2.09. The molecule has 0 saturated carbocycles. The Bertz CT molecular complexity index is 854. The molecule has 25 heavy (non-hydrogen) atoms. The first-order chi connectivity index (χ1) is 11.8. The highest BCUT2D eigenvalue weighted by Gasteiger charge is 2.18. The molecule has 1 aromatic heterocycles. The molecule has 0 spiro atoms. The Morgan fingerprint density at radius 2 is 1.96 bits per heavy atom. The van der Waals surface area contributed by atoms with Crippen LogP contribution in [0.5, 0.6) is 0 Å². The van der Waals surface area contributed by atoms with E-state index in [0.717, 1.165) is 11.1 Å². The standard InChI is InChI=1S/C16H19BrN4O3S/c1-11-2-4-12(5-3-11)9-19-15(22)6-7-21-25(23,24)14-8-13(17)10-20-16(14)18/h2-5,8,10,21H,6-7,9H2,1H3,(H2,18,20)(H,19,22). The number of halogens is 1. The molecule has 0 fully saturated rings. The fourth-order valence-electron chi connectivity index (χ4n) is 2.02. The van der Waals surface area contributed by atoms with Crippen LogP contribution in [0.3, 0.4) is 0 Å². The highest BCUT2D eigenvalue weighted by atomic mass is 79.9. The van der Waals surface area contributed by atoms with Crippen LogP contribution in [0.25, 0.3) is 0 Å². The Hall–Kier alpha value is -1.97. The first-order valence-electron chi connectivity index (χ1n) is 7.51. The zero-order valence-electron chi connectivity index (χ0n) is 13.6. The maximum atomic E-state index is 12.2. The number of pyridine rings is 1. The topological polar surface area (TPSA) is 114 Å². The summed E-state index contributed by atoms with van der Waals surface area (Å²) >= 11 is 3.15. The fraction of sp³-hybridized carbons (Fsp3) is 0.250. The number of aryl methyl sites for hydroxylation is 1. The highest BCUT2D eigenvalue weighted by molar-refractivity contribution is 9.10. The maximum Gasteiger partial charge on any atom is 0.244 e. The van der Waals surface area contributed by atoms with Crippen molar-refractivity contribution in [1.29, 1.82) is 0 Å². The molecule has 0 aliphatic rings. The van der Waals surface area contributed by atoms with Gasteiger partial charge in [-0.3, -0.25) is 4.79 Å². The van der Waals surface area contributed by atoms with E-state index < -0.39 is 10.0 Å². The van der Waals surface area contributed by atoms with Gasteiger partial charge in [0, 0.05) is 30.2 Å². The lowest BCUT2D eigenvalue weighted by molar-refractivity contribution is -0.121. The zero-order valence-corrected chi connectivity index (χ0v) is 16.0. The molecule has 0 atom stereocenters. The number of nitrogens with zero attached hydrogens (tertiary/aromatic N) is 1. The molecule has 0 bridgehead atoms. The monoisotopic (exact) mass is 426 g/mol. The van der Waals surface area contributed by atoms with Crippen LogP contribution < -0.4 is 15.8 Å². The number of benzene rings is 1. The Morgan fingerprint density at radius 3 is 2.64 bits per heavy atom. The van der Waals surface area contributed by atoms with E-state index in [1.807, 2.05) is 31.2 Å². The average Bonchev–Trinajstić information content (AvgIpc) is 2.56. The summed E-state index contributed by atoms with van der Waals surface area (Å²) in [7, 11) is -3.83. The number of sulfonamides is 1.